The van der Waals surface area contributed by atoms with Crippen LogP contribution in [-0.4, -0.2) is 30.0 Å². The number of nitrogens with two attached hydrogens (primary N) is 1. The van der Waals surface area contributed by atoms with E-state index in [0.717, 1.165) is 5.69 Å². The van der Waals surface area contributed by atoms with Crippen LogP contribution in [0.5, 0.6) is 0 Å². The minimum absolute atomic E-state index is 0.140. The molecule has 0 aliphatic carbocycles. The zero-order chi connectivity index (χ0) is 11.5. The van der Waals surface area contributed by atoms with Gasteiger partial charge in [-0.1, -0.05) is 0 Å². The topological polar surface area (TPSA) is 78.0 Å². The van der Waals surface area contributed by atoms with Crippen LogP contribution in [0.4, 0.5) is 0 Å². The Labute approximate surface area is 90.2 Å². The Morgan fingerprint density at radius 3 is 2.73 bits per heavy atom. The third-order valence-corrected chi connectivity index (χ3v) is 3.29. The van der Waals surface area contributed by atoms with Gasteiger partial charge in [0.1, 0.15) is 9.84 Å². The first kappa shape index (κ1) is 12.2. The molecule has 0 saturated carbocycles. The second-order valence-corrected chi connectivity index (χ2v) is 6.07. The molecule has 15 heavy (non-hydrogen) atoms. The van der Waals surface area contributed by atoms with Gasteiger partial charge in [0.15, 0.2) is 0 Å². The lowest BCUT2D eigenvalue weighted by Gasteiger charge is -2.11. The first-order chi connectivity index (χ1) is 6.90. The van der Waals surface area contributed by atoms with E-state index in [1.165, 1.54) is 6.26 Å². The van der Waals surface area contributed by atoms with Crippen LogP contribution in [0.1, 0.15) is 24.6 Å². The van der Waals surface area contributed by atoms with Crippen LogP contribution in [0.2, 0.25) is 0 Å². The molecule has 5 nitrogen and oxygen atoms in total. The van der Waals surface area contributed by atoms with Gasteiger partial charge in [-0.3, -0.25) is 0 Å². The number of hydrogen-bond acceptors (Lipinski definition) is 4. The largest absolute Gasteiger partial charge is 0.336 e. The Bertz CT molecular complexity index is 411. The van der Waals surface area contributed by atoms with E-state index < -0.39 is 9.84 Å². The van der Waals surface area contributed by atoms with Gasteiger partial charge >= 0.3 is 0 Å². The van der Waals surface area contributed by atoms with Crippen LogP contribution in [0.15, 0.2) is 12.5 Å². The molecule has 1 unspecified atom stereocenters. The smallest absolute Gasteiger partial charge is 0.147 e. The van der Waals surface area contributed by atoms with Gasteiger partial charge < -0.3 is 10.3 Å². The summed E-state index contributed by atoms with van der Waals surface area (Å²) in [6.07, 6.45) is 5.89. The predicted octanol–water partition coefficient (Wildman–Crippen LogP) is 0.245. The molecule has 86 valence electrons. The maximum absolute atomic E-state index is 10.9. The second kappa shape index (κ2) is 4.76. The first-order valence-corrected chi connectivity index (χ1v) is 6.86. The number of aryl methyl sites for hydroxylation is 1. The molecule has 0 saturated heterocycles. The summed E-state index contributed by atoms with van der Waals surface area (Å²) >= 11 is 0. The summed E-state index contributed by atoms with van der Waals surface area (Å²) in [5.74, 6) is 0.193. The molecule has 6 heteroatoms. The molecule has 1 heterocycles. The monoisotopic (exact) mass is 231 g/mol. The highest BCUT2D eigenvalue weighted by atomic mass is 32.2. The molecule has 0 aromatic carbocycles. The van der Waals surface area contributed by atoms with Crippen molar-refractivity contribution in [3.63, 3.8) is 0 Å². The van der Waals surface area contributed by atoms with Crippen molar-refractivity contribution in [2.45, 2.75) is 18.9 Å². The minimum atomic E-state index is -2.88. The third-order valence-electron chi connectivity index (χ3n) is 2.26. The Morgan fingerprint density at radius 1 is 1.60 bits per heavy atom. The number of nitrogens with zero attached hydrogens (tertiary/aromatic N) is 2. The molecule has 0 amide bonds. The van der Waals surface area contributed by atoms with E-state index in [4.69, 9.17) is 5.73 Å². The van der Waals surface area contributed by atoms with Gasteiger partial charge in [0, 0.05) is 31.3 Å². The van der Waals surface area contributed by atoms with Crippen molar-refractivity contribution < 1.29 is 8.42 Å². The van der Waals surface area contributed by atoms with E-state index in [2.05, 4.69) is 4.98 Å². The van der Waals surface area contributed by atoms with Gasteiger partial charge in [0.2, 0.25) is 0 Å². The highest BCUT2D eigenvalue weighted by Gasteiger charge is 2.11. The zero-order valence-corrected chi connectivity index (χ0v) is 9.87. The molecule has 2 N–H and O–H groups in total. The molecular formula is C9H17N3O2S. The SMILES string of the molecule is Cn1cncc1C(N)CCCS(C)(=O)=O. The lowest BCUT2D eigenvalue weighted by Crippen LogP contribution is -2.15. The fourth-order valence-electron chi connectivity index (χ4n) is 1.44. The van der Waals surface area contributed by atoms with E-state index >= 15 is 0 Å². The van der Waals surface area contributed by atoms with Gasteiger partial charge in [0.25, 0.3) is 0 Å². The fourth-order valence-corrected chi connectivity index (χ4v) is 2.13. The zero-order valence-electron chi connectivity index (χ0n) is 9.05. The lowest BCUT2D eigenvalue weighted by molar-refractivity contribution is 0.576. The van der Waals surface area contributed by atoms with Crippen molar-refractivity contribution in [1.29, 1.82) is 0 Å². The van der Waals surface area contributed by atoms with Crippen LogP contribution in [0.3, 0.4) is 0 Å². The summed E-state index contributed by atoms with van der Waals surface area (Å²) in [6.45, 7) is 0. The fraction of sp³-hybridized carbons (Fsp3) is 0.667. The summed E-state index contributed by atoms with van der Waals surface area (Å²) < 4.78 is 23.7. The van der Waals surface area contributed by atoms with E-state index in [1.807, 2.05) is 11.6 Å². The van der Waals surface area contributed by atoms with Crippen LogP contribution in [0, 0.1) is 0 Å². The van der Waals surface area contributed by atoms with Gasteiger partial charge in [-0.05, 0) is 12.8 Å². The second-order valence-electron chi connectivity index (χ2n) is 3.81. The molecule has 0 bridgehead atoms. The summed E-state index contributed by atoms with van der Waals surface area (Å²) in [6, 6.07) is -0.140. The van der Waals surface area contributed by atoms with Gasteiger partial charge in [0.05, 0.1) is 12.0 Å². The van der Waals surface area contributed by atoms with Crippen molar-refractivity contribution in [1.82, 2.24) is 9.55 Å². The molecule has 0 spiro atoms. The normalized spacial score (nSPS) is 14.1. The molecule has 1 rings (SSSR count). The lowest BCUT2D eigenvalue weighted by atomic mass is 10.1. The molecule has 0 fully saturated rings. The van der Waals surface area contributed by atoms with E-state index in [-0.39, 0.29) is 11.8 Å². The Morgan fingerprint density at radius 2 is 2.27 bits per heavy atom. The van der Waals surface area contributed by atoms with Crippen molar-refractivity contribution in [3.05, 3.63) is 18.2 Å². The summed E-state index contributed by atoms with van der Waals surface area (Å²) in [5.41, 5.74) is 6.85. The van der Waals surface area contributed by atoms with Gasteiger partial charge in [-0.15, -0.1) is 0 Å². The van der Waals surface area contributed by atoms with Crippen LogP contribution in [0.25, 0.3) is 0 Å². The summed E-state index contributed by atoms with van der Waals surface area (Å²) in [4.78, 5) is 3.96. The van der Waals surface area contributed by atoms with E-state index in [0.29, 0.717) is 12.8 Å². The van der Waals surface area contributed by atoms with Crippen molar-refractivity contribution >= 4 is 9.84 Å². The number of aromatic nitrogens is 2. The Hall–Kier alpha value is -0.880. The molecule has 1 aromatic rings. The number of hydrogen-bond donors (Lipinski definition) is 1. The van der Waals surface area contributed by atoms with Gasteiger partial charge in [-0.2, -0.15) is 0 Å². The summed E-state index contributed by atoms with van der Waals surface area (Å²) in [5, 5.41) is 0. The highest BCUT2D eigenvalue weighted by Crippen LogP contribution is 2.14. The number of sulfone groups is 1. The van der Waals surface area contributed by atoms with Gasteiger partial charge in [-0.25, -0.2) is 13.4 Å². The quantitative estimate of drug-likeness (QED) is 0.787. The van der Waals surface area contributed by atoms with Crippen molar-refractivity contribution in [2.24, 2.45) is 12.8 Å². The minimum Gasteiger partial charge on any atom is -0.336 e. The van der Waals surface area contributed by atoms with E-state index in [1.54, 1.807) is 12.5 Å². The maximum Gasteiger partial charge on any atom is 0.147 e. The Balaban J connectivity index is 2.44. The average molecular weight is 231 g/mol. The first-order valence-electron chi connectivity index (χ1n) is 4.79. The maximum atomic E-state index is 10.9. The van der Waals surface area contributed by atoms with Crippen LogP contribution < -0.4 is 5.73 Å². The van der Waals surface area contributed by atoms with Crippen LogP contribution >= 0.6 is 0 Å². The highest BCUT2D eigenvalue weighted by molar-refractivity contribution is 7.90. The summed E-state index contributed by atoms with van der Waals surface area (Å²) in [7, 11) is -1.00. The van der Waals surface area contributed by atoms with E-state index in [9.17, 15) is 8.42 Å². The molecule has 0 aliphatic heterocycles. The number of imidazole rings is 1. The predicted molar refractivity (Wildman–Crippen MR) is 59.1 cm³/mol. The average Bonchev–Trinajstić information content (AvgIpc) is 2.48. The molecule has 1 atom stereocenters. The molecular weight excluding hydrogens is 214 g/mol. The van der Waals surface area contributed by atoms with Crippen molar-refractivity contribution in [2.75, 3.05) is 12.0 Å². The molecule has 0 aliphatic rings. The van der Waals surface area contributed by atoms with Crippen LogP contribution in [-0.2, 0) is 16.9 Å². The standard InChI is InChI=1S/C9H17N3O2S/c1-12-7-11-6-9(12)8(10)4-3-5-15(2,13)14/h6-8H,3-5,10H2,1-2H3. The molecule has 1 aromatic heterocycles. The number of rotatable bonds is 5. The van der Waals surface area contributed by atoms with Crippen molar-refractivity contribution in [3.8, 4) is 0 Å². The third kappa shape index (κ3) is 4.01. The Kier molecular flexibility index (Phi) is 3.87. The molecule has 0 radical (unpaired) electrons.